The van der Waals surface area contributed by atoms with E-state index >= 15 is 0 Å². The van der Waals surface area contributed by atoms with Gasteiger partial charge in [0, 0.05) is 19.6 Å². The summed E-state index contributed by atoms with van der Waals surface area (Å²) in [7, 11) is 3.37. The number of carbonyl (C=O) groups excluding carboxylic acids is 1. The summed E-state index contributed by atoms with van der Waals surface area (Å²) in [6, 6.07) is 1.89. The molecule has 1 amide bonds. The van der Waals surface area contributed by atoms with E-state index in [1.54, 1.807) is 14.1 Å². The zero-order chi connectivity index (χ0) is 13.9. The topological polar surface area (TPSA) is 66.0 Å². The van der Waals surface area contributed by atoms with Crippen molar-refractivity contribution in [2.24, 2.45) is 0 Å². The molecule has 0 spiro atoms. The van der Waals surface area contributed by atoms with E-state index in [0.29, 0.717) is 11.4 Å². The third-order valence-electron chi connectivity index (χ3n) is 2.41. The summed E-state index contributed by atoms with van der Waals surface area (Å²) in [6.45, 7) is 8.10. The molecular weight excluding hydrogens is 228 g/mol. The lowest BCUT2D eigenvalue weighted by atomic mass is 10.1. The van der Waals surface area contributed by atoms with Crippen LogP contribution in [0, 0.1) is 6.92 Å². The Morgan fingerprint density at radius 3 is 2.33 bits per heavy atom. The molecule has 0 aliphatic rings. The third-order valence-corrected chi connectivity index (χ3v) is 2.41. The van der Waals surface area contributed by atoms with Crippen LogP contribution in [-0.4, -0.2) is 30.5 Å². The summed E-state index contributed by atoms with van der Waals surface area (Å²) in [5.74, 6) is 1.21. The molecule has 100 valence electrons. The Balaban J connectivity index is 3.23. The van der Waals surface area contributed by atoms with Crippen LogP contribution in [0.5, 0.6) is 0 Å². The van der Waals surface area contributed by atoms with Crippen molar-refractivity contribution in [1.82, 2.24) is 10.3 Å². The smallest absolute Gasteiger partial charge is 0.255 e. The number of nitrogens with one attached hydrogen (secondary N) is 3. The minimum Gasteiger partial charge on any atom is -0.372 e. The van der Waals surface area contributed by atoms with Crippen molar-refractivity contribution in [3.63, 3.8) is 0 Å². The molecule has 0 aliphatic carbocycles. The van der Waals surface area contributed by atoms with E-state index in [4.69, 9.17) is 0 Å². The molecule has 0 saturated heterocycles. The highest BCUT2D eigenvalue weighted by atomic mass is 16.1. The van der Waals surface area contributed by atoms with E-state index < -0.39 is 0 Å². The second-order valence-electron chi connectivity index (χ2n) is 5.25. The van der Waals surface area contributed by atoms with Gasteiger partial charge in [0.1, 0.15) is 11.6 Å². The lowest BCUT2D eigenvalue weighted by molar-refractivity contribution is 0.0963. The summed E-state index contributed by atoms with van der Waals surface area (Å²) in [5.41, 5.74) is 1.40. The number of aryl methyl sites for hydroxylation is 1. The van der Waals surface area contributed by atoms with Gasteiger partial charge < -0.3 is 16.0 Å². The highest BCUT2D eigenvalue weighted by Crippen LogP contribution is 2.22. The fourth-order valence-electron chi connectivity index (χ4n) is 1.71. The van der Waals surface area contributed by atoms with Crippen LogP contribution in [0.15, 0.2) is 6.07 Å². The normalized spacial score (nSPS) is 11.0. The number of pyridine rings is 1. The number of aromatic nitrogens is 1. The SMILES string of the molecule is CNC(=O)c1c(C)cc(NC(C)(C)C)nc1NC. The number of hydrogen-bond donors (Lipinski definition) is 3. The molecule has 0 radical (unpaired) electrons. The van der Waals surface area contributed by atoms with Crippen molar-refractivity contribution in [2.75, 3.05) is 24.7 Å². The van der Waals surface area contributed by atoms with Crippen molar-refractivity contribution >= 4 is 17.5 Å². The van der Waals surface area contributed by atoms with Crippen LogP contribution in [0.2, 0.25) is 0 Å². The fraction of sp³-hybridized carbons (Fsp3) is 0.538. The number of anilines is 2. The summed E-state index contributed by atoms with van der Waals surface area (Å²) in [4.78, 5) is 16.2. The molecule has 5 nitrogen and oxygen atoms in total. The van der Waals surface area contributed by atoms with E-state index in [1.165, 1.54) is 0 Å². The van der Waals surface area contributed by atoms with Crippen LogP contribution in [0.3, 0.4) is 0 Å². The van der Waals surface area contributed by atoms with Gasteiger partial charge in [-0.05, 0) is 39.3 Å². The first kappa shape index (κ1) is 14.3. The molecular formula is C13H22N4O. The second kappa shape index (κ2) is 5.25. The average molecular weight is 250 g/mol. The van der Waals surface area contributed by atoms with Gasteiger partial charge in [0.25, 0.3) is 5.91 Å². The van der Waals surface area contributed by atoms with E-state index in [9.17, 15) is 4.79 Å². The predicted octanol–water partition coefficient (Wildman–Crippen LogP) is 2.00. The minimum atomic E-state index is -0.133. The van der Waals surface area contributed by atoms with Gasteiger partial charge in [0.2, 0.25) is 0 Å². The number of nitrogens with zero attached hydrogens (tertiary/aromatic N) is 1. The molecule has 0 atom stereocenters. The average Bonchev–Trinajstić information content (AvgIpc) is 2.24. The first-order valence-electron chi connectivity index (χ1n) is 5.98. The van der Waals surface area contributed by atoms with Gasteiger partial charge in [-0.25, -0.2) is 4.98 Å². The van der Waals surface area contributed by atoms with Crippen molar-refractivity contribution in [1.29, 1.82) is 0 Å². The predicted molar refractivity (Wildman–Crippen MR) is 75.3 cm³/mol. The summed E-state index contributed by atoms with van der Waals surface area (Å²) in [5, 5.41) is 8.89. The van der Waals surface area contributed by atoms with Gasteiger partial charge in [0.05, 0.1) is 5.56 Å². The molecule has 0 saturated carbocycles. The van der Waals surface area contributed by atoms with Gasteiger partial charge in [-0.2, -0.15) is 0 Å². The van der Waals surface area contributed by atoms with Gasteiger partial charge in [0.15, 0.2) is 0 Å². The van der Waals surface area contributed by atoms with Crippen molar-refractivity contribution in [2.45, 2.75) is 33.2 Å². The highest BCUT2D eigenvalue weighted by Gasteiger charge is 2.17. The lowest BCUT2D eigenvalue weighted by Gasteiger charge is -2.22. The molecule has 0 fully saturated rings. The lowest BCUT2D eigenvalue weighted by Crippen LogP contribution is -2.27. The Kier molecular flexibility index (Phi) is 4.16. The van der Waals surface area contributed by atoms with Gasteiger partial charge >= 0.3 is 0 Å². The molecule has 0 aromatic carbocycles. The molecule has 1 aromatic rings. The molecule has 3 N–H and O–H groups in total. The summed E-state index contributed by atoms with van der Waals surface area (Å²) >= 11 is 0. The van der Waals surface area contributed by atoms with Crippen LogP contribution in [0.4, 0.5) is 11.6 Å². The quantitative estimate of drug-likeness (QED) is 0.767. The van der Waals surface area contributed by atoms with E-state index in [0.717, 1.165) is 11.4 Å². The largest absolute Gasteiger partial charge is 0.372 e. The molecule has 18 heavy (non-hydrogen) atoms. The van der Waals surface area contributed by atoms with Crippen molar-refractivity contribution in [3.05, 3.63) is 17.2 Å². The maximum atomic E-state index is 11.8. The molecule has 1 rings (SSSR count). The van der Waals surface area contributed by atoms with Crippen molar-refractivity contribution < 1.29 is 4.79 Å². The second-order valence-corrected chi connectivity index (χ2v) is 5.25. The van der Waals surface area contributed by atoms with Crippen LogP contribution in [-0.2, 0) is 0 Å². The fourth-order valence-corrected chi connectivity index (χ4v) is 1.71. The Morgan fingerprint density at radius 1 is 1.28 bits per heavy atom. The zero-order valence-electron chi connectivity index (χ0n) is 11.9. The standard InChI is InChI=1S/C13H22N4O/c1-8-7-9(17-13(2,3)4)16-11(14-5)10(8)12(18)15-6/h7H,1-6H3,(H,15,18)(H2,14,16,17). The molecule has 0 aliphatic heterocycles. The van der Waals surface area contributed by atoms with Crippen LogP contribution in [0.25, 0.3) is 0 Å². The summed E-state index contributed by atoms with van der Waals surface area (Å²) < 4.78 is 0. The van der Waals surface area contributed by atoms with Crippen LogP contribution >= 0.6 is 0 Å². The maximum absolute atomic E-state index is 11.8. The van der Waals surface area contributed by atoms with E-state index in [-0.39, 0.29) is 11.4 Å². The minimum absolute atomic E-state index is 0.0705. The molecule has 5 heteroatoms. The van der Waals surface area contributed by atoms with E-state index in [1.807, 2.05) is 13.0 Å². The Morgan fingerprint density at radius 2 is 1.89 bits per heavy atom. The number of rotatable bonds is 3. The highest BCUT2D eigenvalue weighted by molar-refractivity contribution is 6.00. The molecule has 1 aromatic heterocycles. The maximum Gasteiger partial charge on any atom is 0.255 e. The third kappa shape index (κ3) is 3.35. The van der Waals surface area contributed by atoms with Crippen LogP contribution < -0.4 is 16.0 Å². The monoisotopic (exact) mass is 250 g/mol. The first-order chi connectivity index (χ1) is 8.28. The Bertz CT molecular complexity index is 449. The van der Waals surface area contributed by atoms with Crippen LogP contribution in [0.1, 0.15) is 36.7 Å². The number of hydrogen-bond acceptors (Lipinski definition) is 4. The van der Waals surface area contributed by atoms with Gasteiger partial charge in [-0.3, -0.25) is 4.79 Å². The first-order valence-corrected chi connectivity index (χ1v) is 5.98. The van der Waals surface area contributed by atoms with E-state index in [2.05, 4.69) is 41.7 Å². The molecule has 1 heterocycles. The van der Waals surface area contributed by atoms with Crippen molar-refractivity contribution in [3.8, 4) is 0 Å². The molecule has 0 unspecified atom stereocenters. The number of amides is 1. The Hall–Kier alpha value is -1.78. The summed E-state index contributed by atoms with van der Waals surface area (Å²) in [6.07, 6.45) is 0. The van der Waals surface area contributed by atoms with Gasteiger partial charge in [-0.15, -0.1) is 0 Å². The zero-order valence-corrected chi connectivity index (χ0v) is 11.9. The Labute approximate surface area is 108 Å². The molecule has 0 bridgehead atoms. The van der Waals surface area contributed by atoms with Gasteiger partial charge in [-0.1, -0.05) is 0 Å². The number of carbonyl (C=O) groups is 1.